The predicted octanol–water partition coefficient (Wildman–Crippen LogP) is 4.03. The molecule has 0 unspecified atom stereocenters. The zero-order chi connectivity index (χ0) is 24.3. The lowest BCUT2D eigenvalue weighted by atomic mass is 10.1. The van der Waals surface area contributed by atoms with Crippen LogP contribution in [-0.4, -0.2) is 57.3 Å². The van der Waals surface area contributed by atoms with Gasteiger partial charge in [-0.15, -0.1) is 0 Å². The van der Waals surface area contributed by atoms with Crippen molar-refractivity contribution in [1.29, 1.82) is 0 Å². The summed E-state index contributed by atoms with van der Waals surface area (Å²) < 4.78 is 3.55. The molecule has 7 nitrogen and oxygen atoms in total. The maximum Gasteiger partial charge on any atom is 0.328 e. The molecule has 2 N–H and O–H groups in total. The molecular weight excluding hydrogens is 450 g/mol. The third-order valence-corrected chi connectivity index (χ3v) is 6.53. The van der Waals surface area contributed by atoms with E-state index in [1.165, 1.54) is 15.8 Å². The number of aliphatic carboxylic acids is 2. The van der Waals surface area contributed by atoms with Crippen LogP contribution in [0.5, 0.6) is 0 Å². The molecule has 1 aliphatic heterocycles. The van der Waals surface area contributed by atoms with E-state index in [2.05, 4.69) is 83.3 Å². The van der Waals surface area contributed by atoms with E-state index in [1.54, 1.807) is 11.3 Å². The normalized spacial score (nSPS) is 15.6. The molecule has 0 radical (unpaired) electrons. The number of nitrogens with zero attached hydrogens (tertiary/aromatic N) is 3. The highest BCUT2D eigenvalue weighted by atomic mass is 32.1. The molecule has 0 spiro atoms. The fourth-order valence-corrected chi connectivity index (χ4v) is 4.73. The largest absolute Gasteiger partial charge is 0.478 e. The average Bonchev–Trinajstić information content (AvgIpc) is 3.15. The zero-order valence-electron chi connectivity index (χ0n) is 19.1. The molecule has 34 heavy (non-hydrogen) atoms. The van der Waals surface area contributed by atoms with Crippen molar-refractivity contribution in [2.45, 2.75) is 18.9 Å². The van der Waals surface area contributed by atoms with E-state index in [1.807, 2.05) is 0 Å². The van der Waals surface area contributed by atoms with Gasteiger partial charge in [0.15, 0.2) is 4.80 Å². The van der Waals surface area contributed by atoms with Gasteiger partial charge in [-0.1, -0.05) is 66.0 Å². The van der Waals surface area contributed by atoms with Crippen LogP contribution < -0.4 is 4.80 Å². The first-order valence-electron chi connectivity index (χ1n) is 11.1. The number of carbonyl (C=O) groups is 2. The SMILES string of the molecule is Cn1c(=NC2CCN(CC=Cc3ccccc3)CC2)sc2ccccc21.O=C(O)C=CC(=O)O. The van der Waals surface area contributed by atoms with Crippen LogP contribution >= 0.6 is 11.3 Å². The number of aryl methyl sites for hydroxylation is 1. The topological polar surface area (TPSA) is 95.1 Å². The average molecular weight is 480 g/mol. The molecule has 2 aromatic carbocycles. The van der Waals surface area contributed by atoms with Crippen molar-refractivity contribution in [3.63, 3.8) is 0 Å². The second-order valence-corrected chi connectivity index (χ2v) is 8.90. The lowest BCUT2D eigenvalue weighted by Crippen LogP contribution is -2.36. The van der Waals surface area contributed by atoms with Crippen LogP contribution in [0.25, 0.3) is 16.3 Å². The smallest absolute Gasteiger partial charge is 0.328 e. The van der Waals surface area contributed by atoms with Crippen molar-refractivity contribution in [3.8, 4) is 0 Å². The molecule has 0 aliphatic carbocycles. The van der Waals surface area contributed by atoms with Crippen LogP contribution in [0.2, 0.25) is 0 Å². The van der Waals surface area contributed by atoms with Crippen LogP contribution in [0.1, 0.15) is 18.4 Å². The molecule has 0 atom stereocenters. The second-order valence-electron chi connectivity index (χ2n) is 7.90. The quantitative estimate of drug-likeness (QED) is 0.521. The van der Waals surface area contributed by atoms with E-state index in [-0.39, 0.29) is 0 Å². The molecule has 1 fully saturated rings. The highest BCUT2D eigenvalue weighted by molar-refractivity contribution is 7.16. The van der Waals surface area contributed by atoms with Crippen molar-refractivity contribution in [2.24, 2.45) is 12.0 Å². The Kier molecular flexibility index (Phi) is 9.37. The first-order chi connectivity index (χ1) is 16.4. The van der Waals surface area contributed by atoms with Gasteiger partial charge in [0, 0.05) is 38.8 Å². The van der Waals surface area contributed by atoms with Crippen LogP contribution in [0.3, 0.4) is 0 Å². The number of rotatable bonds is 6. The Bertz CT molecular complexity index is 1200. The number of hydrogen-bond donors (Lipinski definition) is 2. The first kappa shape index (κ1) is 25.1. The molecule has 4 rings (SSSR count). The highest BCUT2D eigenvalue weighted by Crippen LogP contribution is 2.17. The molecule has 8 heteroatoms. The number of thiazole rings is 1. The number of hydrogen-bond acceptors (Lipinski definition) is 5. The summed E-state index contributed by atoms with van der Waals surface area (Å²) in [7, 11) is 2.13. The summed E-state index contributed by atoms with van der Waals surface area (Å²) in [5, 5.41) is 15.6. The molecule has 3 aromatic rings. The van der Waals surface area contributed by atoms with Gasteiger partial charge in [0.2, 0.25) is 0 Å². The number of carboxylic acids is 2. The van der Waals surface area contributed by atoms with Crippen LogP contribution in [-0.2, 0) is 16.6 Å². The van der Waals surface area contributed by atoms with Crippen LogP contribution in [0.15, 0.2) is 77.8 Å². The number of carboxylic acid groups (broad SMARTS) is 2. The summed E-state index contributed by atoms with van der Waals surface area (Å²) in [6, 6.07) is 19.5. The van der Waals surface area contributed by atoms with Gasteiger partial charge < -0.3 is 14.8 Å². The molecule has 1 aromatic heterocycles. The van der Waals surface area contributed by atoms with Gasteiger partial charge in [0.05, 0.1) is 16.3 Å². The Labute approximate surface area is 202 Å². The Morgan fingerprint density at radius 2 is 1.62 bits per heavy atom. The summed E-state index contributed by atoms with van der Waals surface area (Å²) in [5.41, 5.74) is 2.55. The van der Waals surface area contributed by atoms with Gasteiger partial charge in [-0.2, -0.15) is 0 Å². The Hall–Kier alpha value is -3.49. The molecule has 178 valence electrons. The third-order valence-electron chi connectivity index (χ3n) is 5.41. The summed E-state index contributed by atoms with van der Waals surface area (Å²) >= 11 is 1.80. The maximum absolute atomic E-state index is 9.55. The van der Waals surface area contributed by atoms with E-state index >= 15 is 0 Å². The van der Waals surface area contributed by atoms with E-state index in [0.29, 0.717) is 18.2 Å². The summed E-state index contributed by atoms with van der Waals surface area (Å²) in [5.74, 6) is -2.51. The van der Waals surface area contributed by atoms with Gasteiger partial charge >= 0.3 is 11.9 Å². The lowest BCUT2D eigenvalue weighted by molar-refractivity contribution is -0.134. The van der Waals surface area contributed by atoms with E-state index in [4.69, 9.17) is 15.2 Å². The van der Waals surface area contributed by atoms with Crippen LogP contribution in [0.4, 0.5) is 0 Å². The molecule has 1 saturated heterocycles. The summed E-state index contributed by atoms with van der Waals surface area (Å²) in [6.07, 6.45) is 7.90. The Morgan fingerprint density at radius 3 is 2.24 bits per heavy atom. The predicted molar refractivity (Wildman–Crippen MR) is 136 cm³/mol. The van der Waals surface area contributed by atoms with Crippen molar-refractivity contribution in [2.75, 3.05) is 19.6 Å². The van der Waals surface area contributed by atoms with Crippen LogP contribution in [0, 0.1) is 0 Å². The first-order valence-corrected chi connectivity index (χ1v) is 11.9. The number of para-hydroxylation sites is 1. The molecule has 0 saturated carbocycles. The van der Waals surface area contributed by atoms with Crippen molar-refractivity contribution in [3.05, 3.63) is 83.2 Å². The van der Waals surface area contributed by atoms with Crippen molar-refractivity contribution >= 4 is 39.6 Å². The fourth-order valence-electron chi connectivity index (χ4n) is 3.64. The fraction of sp³-hybridized carbons (Fsp3) is 0.269. The third kappa shape index (κ3) is 7.83. The maximum atomic E-state index is 9.55. The minimum absolute atomic E-state index is 0.448. The Morgan fingerprint density at radius 1 is 1.00 bits per heavy atom. The van der Waals surface area contributed by atoms with Gasteiger partial charge in [0.25, 0.3) is 0 Å². The second kappa shape index (κ2) is 12.7. The summed E-state index contributed by atoms with van der Waals surface area (Å²) in [6.45, 7) is 3.28. The van der Waals surface area contributed by atoms with Gasteiger partial charge in [-0.25, -0.2) is 9.59 Å². The molecule has 2 heterocycles. The van der Waals surface area contributed by atoms with E-state index in [0.717, 1.165) is 37.3 Å². The van der Waals surface area contributed by atoms with E-state index < -0.39 is 11.9 Å². The molecular formula is C26H29N3O4S. The monoisotopic (exact) mass is 479 g/mol. The van der Waals surface area contributed by atoms with Gasteiger partial charge in [-0.05, 0) is 30.5 Å². The number of benzene rings is 2. The number of likely N-dealkylation sites (tertiary alicyclic amines) is 1. The number of fused-ring (bicyclic) bond motifs is 1. The molecule has 0 amide bonds. The molecule has 0 bridgehead atoms. The minimum atomic E-state index is -1.26. The van der Waals surface area contributed by atoms with Crippen molar-refractivity contribution in [1.82, 2.24) is 9.47 Å². The minimum Gasteiger partial charge on any atom is -0.478 e. The van der Waals surface area contributed by atoms with E-state index in [9.17, 15) is 9.59 Å². The zero-order valence-corrected chi connectivity index (χ0v) is 19.9. The summed E-state index contributed by atoms with van der Waals surface area (Å²) in [4.78, 5) is 27.8. The lowest BCUT2D eigenvalue weighted by Gasteiger charge is -2.29. The van der Waals surface area contributed by atoms with Crippen molar-refractivity contribution < 1.29 is 19.8 Å². The highest BCUT2D eigenvalue weighted by Gasteiger charge is 2.17. The van der Waals surface area contributed by atoms with Gasteiger partial charge in [-0.3, -0.25) is 9.89 Å². The molecule has 1 aliphatic rings. The number of piperidine rings is 1. The Balaban J connectivity index is 0.000000350. The van der Waals surface area contributed by atoms with Gasteiger partial charge in [0.1, 0.15) is 0 Å². The number of aromatic nitrogens is 1. The standard InChI is InChI=1S/C22H25N3S.C4H4O4/c1-24-20-11-5-6-12-21(20)26-22(24)23-19-13-16-25(17-14-19)15-7-10-18-8-3-2-4-9-18;5-3(6)1-2-4(7)8/h2-12,19H,13-17H2,1H3;1-2H,(H,5,6)(H,7,8).